The normalized spacial score (nSPS) is 13.1. The zero-order valence-electron chi connectivity index (χ0n) is 24.6. The third kappa shape index (κ3) is 7.69. The van der Waals surface area contributed by atoms with Gasteiger partial charge in [-0.25, -0.2) is 16.8 Å². The standard InChI is InChI=1S/C33H36O8S2/c1-5-24(3)40-26-15-19-28(20-16-26)42(34,35)32-13-9-7-11-30(32)38-23-39-31-12-8-10-14-33(31)43(36,37)29-21-17-27(18-22-29)41-25(4)6-2/h7-22,24-25H,5-6,23H2,1-4H3. The lowest BCUT2D eigenvalue weighted by Crippen LogP contribution is -2.12. The number of ether oxygens (including phenoxy) is 4. The molecule has 0 saturated heterocycles. The van der Waals surface area contributed by atoms with Crippen molar-refractivity contribution in [1.82, 2.24) is 0 Å². The van der Waals surface area contributed by atoms with Gasteiger partial charge in [-0.1, -0.05) is 38.1 Å². The van der Waals surface area contributed by atoms with E-state index in [0.717, 1.165) is 12.8 Å². The van der Waals surface area contributed by atoms with Gasteiger partial charge in [-0.2, -0.15) is 0 Å². The maximum atomic E-state index is 13.5. The van der Waals surface area contributed by atoms with Crippen molar-refractivity contribution in [3.63, 3.8) is 0 Å². The van der Waals surface area contributed by atoms with Crippen molar-refractivity contribution in [2.24, 2.45) is 0 Å². The van der Waals surface area contributed by atoms with Gasteiger partial charge in [0, 0.05) is 0 Å². The lowest BCUT2D eigenvalue weighted by molar-refractivity contribution is 0.114. The highest BCUT2D eigenvalue weighted by molar-refractivity contribution is 7.92. The van der Waals surface area contributed by atoms with Crippen LogP contribution < -0.4 is 18.9 Å². The Bertz CT molecular complexity index is 1590. The van der Waals surface area contributed by atoms with Crippen molar-refractivity contribution in [3.05, 3.63) is 97.1 Å². The highest BCUT2D eigenvalue weighted by atomic mass is 32.2. The van der Waals surface area contributed by atoms with E-state index in [1.165, 1.54) is 48.5 Å². The molecule has 4 aromatic rings. The number of para-hydroxylation sites is 2. The molecule has 4 aromatic carbocycles. The summed E-state index contributed by atoms with van der Waals surface area (Å²) in [6.07, 6.45) is 1.66. The van der Waals surface area contributed by atoms with Gasteiger partial charge in [0.25, 0.3) is 0 Å². The molecule has 0 heterocycles. The Kier molecular flexibility index (Phi) is 10.4. The average Bonchev–Trinajstić information content (AvgIpc) is 3.02. The second kappa shape index (κ2) is 14.0. The van der Waals surface area contributed by atoms with Gasteiger partial charge in [-0.15, -0.1) is 0 Å². The highest BCUT2D eigenvalue weighted by Crippen LogP contribution is 2.33. The van der Waals surface area contributed by atoms with Crippen molar-refractivity contribution in [2.75, 3.05) is 6.79 Å². The fourth-order valence-corrected chi connectivity index (χ4v) is 6.81. The van der Waals surface area contributed by atoms with Crippen LogP contribution >= 0.6 is 0 Å². The summed E-state index contributed by atoms with van der Waals surface area (Å²) in [5, 5.41) is 0. The van der Waals surface area contributed by atoms with Gasteiger partial charge in [0.05, 0.1) is 22.0 Å². The molecule has 0 fully saturated rings. The monoisotopic (exact) mass is 624 g/mol. The van der Waals surface area contributed by atoms with Crippen LogP contribution in [0, 0.1) is 0 Å². The van der Waals surface area contributed by atoms with E-state index < -0.39 is 26.5 Å². The minimum atomic E-state index is -3.94. The Morgan fingerprint density at radius 3 is 1.23 bits per heavy atom. The molecule has 0 spiro atoms. The van der Waals surface area contributed by atoms with Crippen LogP contribution in [0.4, 0.5) is 0 Å². The topological polar surface area (TPSA) is 105 Å². The second-order valence-electron chi connectivity index (χ2n) is 9.92. The number of rotatable bonds is 14. The third-order valence-electron chi connectivity index (χ3n) is 6.80. The third-order valence-corrected chi connectivity index (χ3v) is 10.4. The summed E-state index contributed by atoms with van der Waals surface area (Å²) < 4.78 is 76.9. The fraction of sp³-hybridized carbons (Fsp3) is 0.273. The minimum Gasteiger partial charge on any atom is -0.491 e. The van der Waals surface area contributed by atoms with Gasteiger partial charge in [0.15, 0.2) is 0 Å². The van der Waals surface area contributed by atoms with Crippen LogP contribution in [0.1, 0.15) is 40.5 Å². The molecule has 0 aromatic heterocycles. The first-order chi connectivity index (χ1) is 20.6. The summed E-state index contributed by atoms with van der Waals surface area (Å²) in [6, 6.07) is 24.9. The molecule has 43 heavy (non-hydrogen) atoms. The second-order valence-corrected chi connectivity index (χ2v) is 13.8. The molecule has 8 nitrogen and oxygen atoms in total. The van der Waals surface area contributed by atoms with Gasteiger partial charge in [-0.05, 0) is 99.5 Å². The van der Waals surface area contributed by atoms with Gasteiger partial charge in [-0.3, -0.25) is 0 Å². The molecule has 0 aliphatic carbocycles. The van der Waals surface area contributed by atoms with Crippen molar-refractivity contribution in [2.45, 2.75) is 72.3 Å². The molecule has 0 N–H and O–H groups in total. The van der Waals surface area contributed by atoms with Gasteiger partial charge >= 0.3 is 0 Å². The molecule has 0 aliphatic rings. The van der Waals surface area contributed by atoms with E-state index in [1.807, 2.05) is 27.7 Å². The first-order valence-electron chi connectivity index (χ1n) is 14.0. The largest absolute Gasteiger partial charge is 0.491 e. The van der Waals surface area contributed by atoms with Crippen molar-refractivity contribution in [3.8, 4) is 23.0 Å². The molecule has 2 unspecified atom stereocenters. The lowest BCUT2D eigenvalue weighted by Gasteiger charge is -2.16. The van der Waals surface area contributed by atoms with E-state index in [-0.39, 0.29) is 43.3 Å². The van der Waals surface area contributed by atoms with Crippen LogP contribution in [-0.2, 0) is 19.7 Å². The minimum absolute atomic E-state index is 0.00585. The first kappa shape index (κ1) is 31.9. The van der Waals surface area contributed by atoms with Gasteiger partial charge in [0.2, 0.25) is 26.5 Å². The van der Waals surface area contributed by atoms with E-state index in [4.69, 9.17) is 18.9 Å². The first-order valence-corrected chi connectivity index (χ1v) is 17.0. The van der Waals surface area contributed by atoms with Gasteiger partial charge in [0.1, 0.15) is 32.8 Å². The Morgan fingerprint density at radius 1 is 0.535 bits per heavy atom. The predicted octanol–water partition coefficient (Wildman–Crippen LogP) is 7.12. The van der Waals surface area contributed by atoms with Crippen LogP contribution in [0.3, 0.4) is 0 Å². The van der Waals surface area contributed by atoms with Crippen molar-refractivity contribution in [1.29, 1.82) is 0 Å². The van der Waals surface area contributed by atoms with E-state index in [0.29, 0.717) is 11.5 Å². The molecular weight excluding hydrogens is 588 g/mol. The molecule has 0 aliphatic heterocycles. The average molecular weight is 625 g/mol. The fourth-order valence-electron chi connectivity index (χ4n) is 4.02. The number of hydrogen-bond donors (Lipinski definition) is 0. The lowest BCUT2D eigenvalue weighted by atomic mass is 10.3. The summed E-state index contributed by atoms with van der Waals surface area (Å²) in [7, 11) is -7.88. The van der Waals surface area contributed by atoms with Crippen molar-refractivity contribution < 1.29 is 35.8 Å². The molecule has 0 bridgehead atoms. The summed E-state index contributed by atoms with van der Waals surface area (Å²) >= 11 is 0. The Morgan fingerprint density at radius 2 is 0.884 bits per heavy atom. The molecule has 228 valence electrons. The molecule has 2 atom stereocenters. The van der Waals surface area contributed by atoms with Gasteiger partial charge < -0.3 is 18.9 Å². The van der Waals surface area contributed by atoms with E-state index >= 15 is 0 Å². The quantitative estimate of drug-likeness (QED) is 0.137. The SMILES string of the molecule is CCC(C)Oc1ccc(S(=O)(=O)c2ccccc2OCOc2ccccc2S(=O)(=O)c2ccc(OC(C)CC)cc2)cc1. The zero-order valence-corrected chi connectivity index (χ0v) is 26.2. The number of sulfone groups is 2. The number of benzene rings is 4. The zero-order chi connectivity index (χ0) is 31.0. The molecular formula is C33H36O8S2. The van der Waals surface area contributed by atoms with Crippen LogP contribution in [0.15, 0.2) is 117 Å². The smallest absolute Gasteiger partial charge is 0.231 e. The summed E-state index contributed by atoms with van der Waals surface area (Å²) in [5.41, 5.74) is 0. The molecule has 0 radical (unpaired) electrons. The van der Waals surface area contributed by atoms with Crippen LogP contribution in [0.2, 0.25) is 0 Å². The maximum absolute atomic E-state index is 13.5. The Hall–Kier alpha value is -4.02. The highest BCUT2D eigenvalue weighted by Gasteiger charge is 2.24. The summed E-state index contributed by atoms with van der Waals surface area (Å²) in [5.74, 6) is 1.30. The molecule has 10 heteroatoms. The van der Waals surface area contributed by atoms with E-state index in [2.05, 4.69) is 0 Å². The molecule has 4 rings (SSSR count). The van der Waals surface area contributed by atoms with Crippen LogP contribution in [0.25, 0.3) is 0 Å². The van der Waals surface area contributed by atoms with Crippen LogP contribution in [-0.4, -0.2) is 35.8 Å². The van der Waals surface area contributed by atoms with E-state index in [1.54, 1.807) is 48.5 Å². The summed E-state index contributed by atoms with van der Waals surface area (Å²) in [4.78, 5) is 0.0700. The van der Waals surface area contributed by atoms with Crippen LogP contribution in [0.5, 0.6) is 23.0 Å². The summed E-state index contributed by atoms with van der Waals surface area (Å²) in [6.45, 7) is 7.46. The predicted molar refractivity (Wildman–Crippen MR) is 164 cm³/mol. The Labute approximate surface area is 254 Å². The Balaban J connectivity index is 1.50. The molecule has 0 saturated carbocycles. The number of hydrogen-bond acceptors (Lipinski definition) is 8. The van der Waals surface area contributed by atoms with E-state index in [9.17, 15) is 16.8 Å². The molecule has 0 amide bonds. The maximum Gasteiger partial charge on any atom is 0.231 e. The van der Waals surface area contributed by atoms with Crippen molar-refractivity contribution >= 4 is 19.7 Å².